The van der Waals surface area contributed by atoms with E-state index in [-0.39, 0.29) is 11.3 Å². The lowest BCUT2D eigenvalue weighted by atomic mass is 9.70. The number of rotatable bonds is 5. The zero-order valence-corrected chi connectivity index (χ0v) is 13.5. The quantitative estimate of drug-likeness (QED) is 0.803. The van der Waals surface area contributed by atoms with Crippen LogP contribution in [0.25, 0.3) is 0 Å². The van der Waals surface area contributed by atoms with Crippen LogP contribution in [0, 0.1) is 11.3 Å². The van der Waals surface area contributed by atoms with E-state index >= 15 is 0 Å². The second-order valence-corrected chi connectivity index (χ2v) is 7.60. The molecule has 1 heterocycles. The summed E-state index contributed by atoms with van der Waals surface area (Å²) in [5.74, 6) is 3.38. The fraction of sp³-hybridized carbons (Fsp3) is 0.933. The second kappa shape index (κ2) is 7.66. The Hall–Kier alpha value is -0.260. The normalized spacial score (nSPS) is 32.0. The van der Waals surface area contributed by atoms with Gasteiger partial charge < -0.3 is 11.1 Å². The number of carbonyl (C=O) groups is 1. The Kier molecular flexibility index (Phi) is 6.18. The van der Waals surface area contributed by atoms with E-state index in [9.17, 15) is 4.79 Å². The number of hydrogen-bond acceptors (Lipinski definition) is 4. The molecule has 2 aliphatic rings. The Balaban J connectivity index is 1.74. The first-order valence-electron chi connectivity index (χ1n) is 7.95. The van der Waals surface area contributed by atoms with Crippen LogP contribution >= 0.6 is 11.8 Å². The van der Waals surface area contributed by atoms with Crippen molar-refractivity contribution < 1.29 is 4.79 Å². The van der Waals surface area contributed by atoms with Crippen LogP contribution in [0.3, 0.4) is 0 Å². The van der Waals surface area contributed by atoms with Crippen molar-refractivity contribution in [3.63, 3.8) is 0 Å². The molecule has 2 fully saturated rings. The molecule has 1 aliphatic heterocycles. The van der Waals surface area contributed by atoms with Crippen LogP contribution in [-0.4, -0.2) is 55.0 Å². The summed E-state index contributed by atoms with van der Waals surface area (Å²) >= 11 is 2.02. The van der Waals surface area contributed by atoms with E-state index in [2.05, 4.69) is 17.1 Å². The number of amides is 1. The number of nitrogens with two attached hydrogens (primary N) is 1. The fourth-order valence-corrected chi connectivity index (χ4v) is 4.16. The predicted molar refractivity (Wildman–Crippen MR) is 85.9 cm³/mol. The molecule has 0 spiro atoms. The van der Waals surface area contributed by atoms with Crippen molar-refractivity contribution in [2.45, 2.75) is 32.6 Å². The molecule has 2 rings (SSSR count). The van der Waals surface area contributed by atoms with Gasteiger partial charge in [-0.15, -0.1) is 0 Å². The number of nitrogens with zero attached hydrogens (tertiary/aromatic N) is 1. The lowest BCUT2D eigenvalue weighted by molar-refractivity contribution is -0.132. The zero-order chi connectivity index (χ0) is 14.4. The first-order chi connectivity index (χ1) is 9.66. The van der Waals surface area contributed by atoms with Gasteiger partial charge in [0.05, 0.1) is 5.41 Å². The molecule has 0 aromatic heterocycles. The molecule has 1 aliphatic carbocycles. The number of thioether (sulfide) groups is 1. The average molecular weight is 299 g/mol. The van der Waals surface area contributed by atoms with Gasteiger partial charge in [-0.25, -0.2) is 0 Å². The first kappa shape index (κ1) is 16.1. The average Bonchev–Trinajstić information content (AvgIpc) is 2.49. The van der Waals surface area contributed by atoms with Crippen LogP contribution in [0.1, 0.15) is 32.6 Å². The number of carbonyl (C=O) groups excluding carboxylic acids is 1. The van der Waals surface area contributed by atoms with Crippen LogP contribution in [0.4, 0.5) is 0 Å². The number of nitrogens with one attached hydrogen (secondary N) is 1. The van der Waals surface area contributed by atoms with Gasteiger partial charge in [0.25, 0.3) is 0 Å². The van der Waals surface area contributed by atoms with Crippen molar-refractivity contribution in [1.29, 1.82) is 0 Å². The highest BCUT2D eigenvalue weighted by atomic mass is 32.2. The Labute approximate surface area is 127 Å². The smallest absolute Gasteiger partial charge is 0.227 e. The summed E-state index contributed by atoms with van der Waals surface area (Å²) in [5.41, 5.74) is 5.64. The van der Waals surface area contributed by atoms with Crippen molar-refractivity contribution in [3.8, 4) is 0 Å². The molecule has 0 unspecified atom stereocenters. The summed E-state index contributed by atoms with van der Waals surface area (Å²) in [5, 5.41) is 3.14. The second-order valence-electron chi connectivity index (χ2n) is 6.38. The monoisotopic (exact) mass is 299 g/mol. The van der Waals surface area contributed by atoms with Gasteiger partial charge in [-0.05, 0) is 31.6 Å². The maximum Gasteiger partial charge on any atom is 0.227 e. The van der Waals surface area contributed by atoms with Crippen molar-refractivity contribution in [1.82, 2.24) is 10.2 Å². The summed E-state index contributed by atoms with van der Waals surface area (Å²) in [6, 6.07) is 0. The van der Waals surface area contributed by atoms with Gasteiger partial charge in [0.15, 0.2) is 0 Å². The van der Waals surface area contributed by atoms with Crippen LogP contribution in [0.5, 0.6) is 0 Å². The molecule has 0 aromatic rings. The van der Waals surface area contributed by atoms with E-state index in [4.69, 9.17) is 5.73 Å². The van der Waals surface area contributed by atoms with Gasteiger partial charge in [0.2, 0.25) is 5.91 Å². The highest BCUT2D eigenvalue weighted by molar-refractivity contribution is 7.99. The Bertz CT molecular complexity index is 310. The molecule has 0 aromatic carbocycles. The van der Waals surface area contributed by atoms with Crippen molar-refractivity contribution in [2.24, 2.45) is 17.1 Å². The van der Waals surface area contributed by atoms with Crippen LogP contribution in [-0.2, 0) is 4.79 Å². The number of hydrogen-bond donors (Lipinski definition) is 2. The molecule has 20 heavy (non-hydrogen) atoms. The summed E-state index contributed by atoms with van der Waals surface area (Å²) < 4.78 is 0. The largest absolute Gasteiger partial charge is 0.354 e. The van der Waals surface area contributed by atoms with Crippen molar-refractivity contribution >= 4 is 17.7 Å². The molecule has 5 heteroatoms. The summed E-state index contributed by atoms with van der Waals surface area (Å²) in [6.45, 7) is 6.81. The van der Waals surface area contributed by atoms with Crippen LogP contribution < -0.4 is 11.1 Å². The SMILES string of the molecule is CC1CCC(CN)(C(=O)NCCN2CCSCC2)CC1. The van der Waals surface area contributed by atoms with E-state index in [0.717, 1.165) is 57.8 Å². The summed E-state index contributed by atoms with van der Waals surface area (Å²) in [7, 11) is 0. The molecule has 0 radical (unpaired) electrons. The summed E-state index contributed by atoms with van der Waals surface area (Å²) in [4.78, 5) is 14.9. The van der Waals surface area contributed by atoms with Crippen molar-refractivity contribution in [2.75, 3.05) is 44.2 Å². The standard InChI is InChI=1S/C15H29N3OS/c1-13-2-4-15(12-16,5-3-13)14(19)17-6-7-18-8-10-20-11-9-18/h13H,2-12,16H2,1H3,(H,17,19). The Morgan fingerprint density at radius 1 is 1.35 bits per heavy atom. The maximum atomic E-state index is 12.5. The topological polar surface area (TPSA) is 58.4 Å². The van der Waals surface area contributed by atoms with E-state index in [1.54, 1.807) is 0 Å². The van der Waals surface area contributed by atoms with Crippen LogP contribution in [0.15, 0.2) is 0 Å². The van der Waals surface area contributed by atoms with Gasteiger partial charge in [-0.2, -0.15) is 11.8 Å². The van der Waals surface area contributed by atoms with Gasteiger partial charge in [-0.3, -0.25) is 9.69 Å². The minimum Gasteiger partial charge on any atom is -0.354 e. The fourth-order valence-electron chi connectivity index (χ4n) is 3.18. The third-order valence-corrected chi connectivity index (χ3v) is 5.86. The third-order valence-electron chi connectivity index (χ3n) is 4.92. The molecule has 1 saturated heterocycles. The van der Waals surface area contributed by atoms with Gasteiger partial charge in [-0.1, -0.05) is 6.92 Å². The molecular formula is C15H29N3OS. The maximum absolute atomic E-state index is 12.5. The van der Waals surface area contributed by atoms with Crippen molar-refractivity contribution in [3.05, 3.63) is 0 Å². The molecule has 3 N–H and O–H groups in total. The van der Waals surface area contributed by atoms with Gasteiger partial charge in [0, 0.05) is 44.2 Å². The molecule has 1 amide bonds. The molecular weight excluding hydrogens is 270 g/mol. The molecule has 1 saturated carbocycles. The highest BCUT2D eigenvalue weighted by Gasteiger charge is 2.39. The summed E-state index contributed by atoms with van der Waals surface area (Å²) in [6.07, 6.45) is 4.18. The molecule has 0 bridgehead atoms. The van der Waals surface area contributed by atoms with E-state index < -0.39 is 0 Å². The highest BCUT2D eigenvalue weighted by Crippen LogP contribution is 2.38. The van der Waals surface area contributed by atoms with E-state index in [0.29, 0.717) is 6.54 Å². The third kappa shape index (κ3) is 4.12. The van der Waals surface area contributed by atoms with Crippen LogP contribution in [0.2, 0.25) is 0 Å². The minimum absolute atomic E-state index is 0.193. The molecule has 116 valence electrons. The Morgan fingerprint density at radius 3 is 2.60 bits per heavy atom. The Morgan fingerprint density at radius 2 is 2.00 bits per heavy atom. The molecule has 0 atom stereocenters. The minimum atomic E-state index is -0.287. The van der Waals surface area contributed by atoms with Gasteiger partial charge >= 0.3 is 0 Å². The lowest BCUT2D eigenvalue weighted by Gasteiger charge is -2.37. The lowest BCUT2D eigenvalue weighted by Crippen LogP contribution is -2.49. The van der Waals surface area contributed by atoms with E-state index in [1.165, 1.54) is 11.5 Å². The first-order valence-corrected chi connectivity index (χ1v) is 9.10. The van der Waals surface area contributed by atoms with E-state index in [1.807, 2.05) is 11.8 Å². The molecule has 4 nitrogen and oxygen atoms in total. The van der Waals surface area contributed by atoms with Gasteiger partial charge in [0.1, 0.15) is 0 Å². The predicted octanol–water partition coefficient (Wildman–Crippen LogP) is 1.31. The zero-order valence-electron chi connectivity index (χ0n) is 12.7.